The maximum Gasteiger partial charge on any atom is 0.323 e. The number of imidazole rings is 1. The number of carbonyl (C=O) groups excluding carboxylic acids is 1. The Morgan fingerprint density at radius 1 is 1.11 bits per heavy atom. The molecule has 4 rings (SSSR count). The third-order valence-corrected chi connectivity index (χ3v) is 7.16. The summed E-state index contributed by atoms with van der Waals surface area (Å²) < 4.78 is 28.0. The number of amides is 1. The molecule has 3 N–H and O–H groups in total. The van der Waals surface area contributed by atoms with Crippen LogP contribution in [-0.4, -0.2) is 41.2 Å². The number of anilines is 1. The number of carbonyl (C=O) groups is 1. The molecule has 1 aliphatic heterocycles. The predicted molar refractivity (Wildman–Crippen MR) is 109 cm³/mol. The van der Waals surface area contributed by atoms with Crippen molar-refractivity contribution in [1.29, 1.82) is 0 Å². The van der Waals surface area contributed by atoms with Crippen molar-refractivity contribution in [1.82, 2.24) is 14.3 Å². The summed E-state index contributed by atoms with van der Waals surface area (Å²) >= 11 is 3.29. The highest BCUT2D eigenvalue weighted by Crippen LogP contribution is 2.28. The summed E-state index contributed by atoms with van der Waals surface area (Å²) in [5.74, 6) is -0.393. The van der Waals surface area contributed by atoms with Crippen LogP contribution in [0.2, 0.25) is 0 Å². The van der Waals surface area contributed by atoms with Crippen molar-refractivity contribution in [2.24, 2.45) is 0 Å². The van der Waals surface area contributed by atoms with Gasteiger partial charge in [0, 0.05) is 16.7 Å². The van der Waals surface area contributed by atoms with Crippen LogP contribution in [0.25, 0.3) is 11.0 Å². The Balaban J connectivity index is 1.57. The van der Waals surface area contributed by atoms with Gasteiger partial charge in [0.05, 0.1) is 15.9 Å². The molecule has 1 fully saturated rings. The first-order chi connectivity index (χ1) is 13.3. The molecule has 0 bridgehead atoms. The lowest BCUT2D eigenvalue weighted by Crippen LogP contribution is -2.43. The maximum absolute atomic E-state index is 13.0. The molecule has 2 aromatic carbocycles. The van der Waals surface area contributed by atoms with Crippen molar-refractivity contribution >= 4 is 48.6 Å². The second kappa shape index (κ2) is 7.19. The van der Waals surface area contributed by atoms with Gasteiger partial charge in [0.1, 0.15) is 6.04 Å². The van der Waals surface area contributed by atoms with Gasteiger partial charge in [-0.15, -0.1) is 0 Å². The molecule has 1 atom stereocenters. The number of aromatic nitrogens is 2. The average molecular weight is 465 g/mol. The smallest absolute Gasteiger partial charge is 0.323 e. The molecule has 1 saturated heterocycles. The topological polar surface area (TPSA) is 115 Å². The van der Waals surface area contributed by atoms with Gasteiger partial charge in [0.15, 0.2) is 0 Å². The van der Waals surface area contributed by atoms with Crippen molar-refractivity contribution in [3.63, 3.8) is 0 Å². The molecule has 28 heavy (non-hydrogen) atoms. The number of hydrogen-bond donors (Lipinski definition) is 3. The first kappa shape index (κ1) is 18.9. The fourth-order valence-corrected chi connectivity index (χ4v) is 5.29. The second-order valence-electron chi connectivity index (χ2n) is 6.56. The number of hydrogen-bond acceptors (Lipinski definition) is 4. The van der Waals surface area contributed by atoms with Gasteiger partial charge in [-0.2, -0.15) is 4.31 Å². The zero-order valence-corrected chi connectivity index (χ0v) is 17.0. The van der Waals surface area contributed by atoms with E-state index in [2.05, 4.69) is 31.2 Å². The predicted octanol–water partition coefficient (Wildman–Crippen LogP) is 2.41. The number of sulfonamides is 1. The lowest BCUT2D eigenvalue weighted by molar-refractivity contribution is -0.119. The molecule has 146 valence electrons. The highest BCUT2D eigenvalue weighted by Gasteiger charge is 2.39. The summed E-state index contributed by atoms with van der Waals surface area (Å²) in [5.41, 5.74) is 1.35. The van der Waals surface area contributed by atoms with Gasteiger partial charge in [0.25, 0.3) is 0 Å². The van der Waals surface area contributed by atoms with Crippen LogP contribution < -0.4 is 11.0 Å². The summed E-state index contributed by atoms with van der Waals surface area (Å²) in [6, 6.07) is 10.5. The second-order valence-corrected chi connectivity index (χ2v) is 9.36. The number of halogens is 1. The van der Waals surface area contributed by atoms with Crippen LogP contribution in [0.3, 0.4) is 0 Å². The summed E-state index contributed by atoms with van der Waals surface area (Å²) in [6.45, 7) is 0.292. The minimum absolute atomic E-state index is 0.154. The molecule has 0 saturated carbocycles. The summed E-state index contributed by atoms with van der Waals surface area (Å²) in [4.78, 5) is 29.6. The summed E-state index contributed by atoms with van der Waals surface area (Å²) in [6.07, 6.45) is 1.06. The van der Waals surface area contributed by atoms with E-state index in [1.807, 2.05) is 0 Å². The van der Waals surface area contributed by atoms with Crippen LogP contribution in [0.4, 0.5) is 5.69 Å². The molecular weight excluding hydrogens is 448 g/mol. The Morgan fingerprint density at radius 2 is 1.82 bits per heavy atom. The summed E-state index contributed by atoms with van der Waals surface area (Å²) in [5, 5.41) is 2.76. The van der Waals surface area contributed by atoms with Crippen LogP contribution in [0.5, 0.6) is 0 Å². The molecule has 0 unspecified atom stereocenters. The van der Waals surface area contributed by atoms with E-state index < -0.39 is 22.0 Å². The lowest BCUT2D eigenvalue weighted by Gasteiger charge is -2.23. The Hall–Kier alpha value is -2.43. The van der Waals surface area contributed by atoms with E-state index in [1.54, 1.807) is 30.3 Å². The number of benzene rings is 2. The third kappa shape index (κ3) is 3.50. The van der Waals surface area contributed by atoms with Gasteiger partial charge in [-0.05, 0) is 55.3 Å². The molecule has 0 aliphatic carbocycles. The van der Waals surface area contributed by atoms with Crippen LogP contribution >= 0.6 is 15.9 Å². The number of rotatable bonds is 4. The molecule has 1 aliphatic rings. The van der Waals surface area contributed by atoms with Crippen LogP contribution in [0, 0.1) is 0 Å². The highest BCUT2D eigenvalue weighted by atomic mass is 79.9. The first-order valence-corrected chi connectivity index (χ1v) is 10.9. The van der Waals surface area contributed by atoms with Crippen molar-refractivity contribution in [2.75, 3.05) is 11.9 Å². The molecule has 0 spiro atoms. The van der Waals surface area contributed by atoms with Crippen molar-refractivity contribution in [2.45, 2.75) is 23.8 Å². The van der Waals surface area contributed by atoms with E-state index in [-0.39, 0.29) is 10.6 Å². The first-order valence-electron chi connectivity index (χ1n) is 8.65. The molecule has 3 aromatic rings. The Morgan fingerprint density at radius 3 is 2.57 bits per heavy atom. The van der Waals surface area contributed by atoms with E-state index in [0.29, 0.717) is 36.1 Å². The fourth-order valence-electron chi connectivity index (χ4n) is 3.37. The minimum Gasteiger partial charge on any atom is -0.325 e. The zero-order valence-electron chi connectivity index (χ0n) is 14.6. The Labute approximate surface area is 169 Å². The number of H-pyrrole nitrogens is 2. The van der Waals surface area contributed by atoms with Crippen molar-refractivity contribution < 1.29 is 13.2 Å². The van der Waals surface area contributed by atoms with E-state index >= 15 is 0 Å². The summed E-state index contributed by atoms with van der Waals surface area (Å²) in [7, 11) is -3.77. The van der Waals surface area contributed by atoms with Gasteiger partial charge < -0.3 is 15.3 Å². The number of fused-ring (bicyclic) bond motifs is 1. The van der Waals surface area contributed by atoms with Crippen LogP contribution in [0.15, 0.2) is 56.6 Å². The van der Waals surface area contributed by atoms with Gasteiger partial charge in [-0.1, -0.05) is 15.9 Å². The quantitative estimate of drug-likeness (QED) is 0.549. The Kier molecular flexibility index (Phi) is 4.86. The Bertz CT molecular complexity index is 1200. The number of aromatic amines is 2. The van der Waals surface area contributed by atoms with Gasteiger partial charge in [0.2, 0.25) is 15.9 Å². The molecule has 8 nitrogen and oxygen atoms in total. The van der Waals surface area contributed by atoms with Gasteiger partial charge in [-0.3, -0.25) is 4.79 Å². The average Bonchev–Trinajstić information content (AvgIpc) is 3.28. The van der Waals surface area contributed by atoms with E-state index in [9.17, 15) is 18.0 Å². The van der Waals surface area contributed by atoms with E-state index in [4.69, 9.17) is 0 Å². The normalized spacial score (nSPS) is 17.8. The number of nitrogens with one attached hydrogen (secondary N) is 3. The molecule has 0 radical (unpaired) electrons. The largest absolute Gasteiger partial charge is 0.325 e. The third-order valence-electron chi connectivity index (χ3n) is 4.71. The highest BCUT2D eigenvalue weighted by molar-refractivity contribution is 9.10. The van der Waals surface area contributed by atoms with E-state index in [1.165, 1.54) is 16.4 Å². The van der Waals surface area contributed by atoms with Gasteiger partial charge >= 0.3 is 5.69 Å². The molecule has 1 amide bonds. The maximum atomic E-state index is 13.0. The van der Waals surface area contributed by atoms with E-state index in [0.717, 1.165) is 4.47 Å². The molecule has 10 heteroatoms. The van der Waals surface area contributed by atoms with Crippen molar-refractivity contribution in [3.05, 3.63) is 57.4 Å². The SMILES string of the molecule is O=C(Nc1ccc2[nH]c(=O)[nH]c2c1)[C@@H]1CCCN1S(=O)(=O)c1ccc(Br)cc1. The molecule has 2 heterocycles. The van der Waals surface area contributed by atoms with Crippen LogP contribution in [-0.2, 0) is 14.8 Å². The molecule has 1 aromatic heterocycles. The monoisotopic (exact) mass is 464 g/mol. The van der Waals surface area contributed by atoms with Gasteiger partial charge in [-0.25, -0.2) is 13.2 Å². The molecular formula is C18H17BrN4O4S. The minimum atomic E-state index is -3.77. The lowest BCUT2D eigenvalue weighted by atomic mass is 10.2. The van der Waals surface area contributed by atoms with Crippen LogP contribution in [0.1, 0.15) is 12.8 Å². The standard InChI is InChI=1S/C18H17BrN4O4S/c19-11-3-6-13(7-4-11)28(26,27)23-9-1-2-16(23)17(24)20-12-5-8-14-15(10-12)22-18(25)21-14/h3-8,10,16H,1-2,9H2,(H,20,24)(H2,21,22,25)/t16-/m0/s1. The number of nitrogens with zero attached hydrogens (tertiary/aromatic N) is 1. The fraction of sp³-hybridized carbons (Fsp3) is 0.222. The van der Waals surface area contributed by atoms with Crippen molar-refractivity contribution in [3.8, 4) is 0 Å². The zero-order chi connectivity index (χ0) is 19.9.